The summed E-state index contributed by atoms with van der Waals surface area (Å²) in [6.07, 6.45) is 4.20. The molecule has 1 heterocycles. The van der Waals surface area contributed by atoms with Gasteiger partial charge >= 0.3 is 0 Å². The number of hydrogen-bond acceptors (Lipinski definition) is 2. The van der Waals surface area contributed by atoms with Crippen molar-refractivity contribution in [1.29, 1.82) is 0 Å². The van der Waals surface area contributed by atoms with E-state index in [0.29, 0.717) is 0 Å². The standard InChI is InChI=1S/C14H26N4S.HI/c1-14(2,19-6)11-16-13(15-3)18(5)10-12-8-7-9-17(12)4;/h7-9H,10-11H2,1-6H3,(H,15,16);1H. The van der Waals surface area contributed by atoms with Crippen LogP contribution in [0.15, 0.2) is 23.3 Å². The molecule has 0 spiro atoms. The summed E-state index contributed by atoms with van der Waals surface area (Å²) in [6.45, 7) is 6.21. The number of aryl methyl sites for hydroxylation is 1. The van der Waals surface area contributed by atoms with Crippen LogP contribution in [0.25, 0.3) is 0 Å². The molecule has 116 valence electrons. The Balaban J connectivity index is 0.00000361. The van der Waals surface area contributed by atoms with E-state index in [2.05, 4.69) is 72.3 Å². The fourth-order valence-electron chi connectivity index (χ4n) is 1.73. The Hall–Kier alpha value is -0.370. The Morgan fingerprint density at radius 1 is 1.50 bits per heavy atom. The molecule has 6 heteroatoms. The van der Waals surface area contributed by atoms with Crippen molar-refractivity contribution in [3.05, 3.63) is 24.0 Å². The van der Waals surface area contributed by atoms with Gasteiger partial charge in [0, 0.05) is 44.3 Å². The maximum absolute atomic E-state index is 4.35. The molecule has 1 N–H and O–H groups in total. The van der Waals surface area contributed by atoms with E-state index in [9.17, 15) is 0 Å². The van der Waals surface area contributed by atoms with Crippen LogP contribution in [0.2, 0.25) is 0 Å². The van der Waals surface area contributed by atoms with Crippen LogP contribution in [-0.2, 0) is 13.6 Å². The van der Waals surface area contributed by atoms with Crippen LogP contribution >= 0.6 is 35.7 Å². The highest BCUT2D eigenvalue weighted by atomic mass is 127. The number of aliphatic imine (C=N–C) groups is 1. The lowest BCUT2D eigenvalue weighted by Crippen LogP contribution is -2.44. The quantitative estimate of drug-likeness (QED) is 0.461. The Morgan fingerprint density at radius 2 is 2.15 bits per heavy atom. The number of rotatable bonds is 5. The molecule has 1 aromatic rings. The molecule has 0 saturated carbocycles. The lowest BCUT2D eigenvalue weighted by Gasteiger charge is -2.27. The summed E-state index contributed by atoms with van der Waals surface area (Å²) in [6, 6.07) is 4.20. The van der Waals surface area contributed by atoms with E-state index in [0.717, 1.165) is 19.0 Å². The normalized spacial score (nSPS) is 12.0. The fourth-order valence-corrected chi connectivity index (χ4v) is 1.94. The zero-order valence-electron chi connectivity index (χ0n) is 13.3. The van der Waals surface area contributed by atoms with E-state index in [1.54, 1.807) is 0 Å². The first kappa shape index (κ1) is 19.6. The van der Waals surface area contributed by atoms with Crippen LogP contribution in [0, 0.1) is 0 Å². The van der Waals surface area contributed by atoms with Crippen LogP contribution in [0.3, 0.4) is 0 Å². The summed E-state index contributed by atoms with van der Waals surface area (Å²) in [5.41, 5.74) is 1.27. The number of hydrogen-bond donors (Lipinski definition) is 1. The molecule has 4 nitrogen and oxygen atoms in total. The highest BCUT2D eigenvalue weighted by Crippen LogP contribution is 2.19. The molecule has 0 aromatic carbocycles. The van der Waals surface area contributed by atoms with E-state index >= 15 is 0 Å². The minimum atomic E-state index is 0. The molecule has 1 rings (SSSR count). The van der Waals surface area contributed by atoms with Crippen molar-refractivity contribution in [3.63, 3.8) is 0 Å². The van der Waals surface area contributed by atoms with Crippen molar-refractivity contribution < 1.29 is 0 Å². The molecule has 0 aliphatic carbocycles. The van der Waals surface area contributed by atoms with Gasteiger partial charge in [-0.05, 0) is 32.2 Å². The lowest BCUT2D eigenvalue weighted by molar-refractivity contribution is 0.458. The van der Waals surface area contributed by atoms with Gasteiger partial charge in [0.1, 0.15) is 0 Å². The van der Waals surface area contributed by atoms with Gasteiger partial charge in [-0.1, -0.05) is 0 Å². The van der Waals surface area contributed by atoms with Crippen molar-refractivity contribution in [3.8, 4) is 0 Å². The van der Waals surface area contributed by atoms with E-state index in [4.69, 9.17) is 0 Å². The highest BCUT2D eigenvalue weighted by molar-refractivity contribution is 14.0. The number of nitrogens with one attached hydrogen (secondary N) is 1. The lowest BCUT2D eigenvalue weighted by atomic mass is 10.2. The van der Waals surface area contributed by atoms with Crippen LogP contribution in [0.1, 0.15) is 19.5 Å². The molecular formula is C14H27IN4S. The molecule has 0 fully saturated rings. The first-order valence-corrected chi connectivity index (χ1v) is 7.69. The van der Waals surface area contributed by atoms with Crippen molar-refractivity contribution in [1.82, 2.24) is 14.8 Å². The molecule has 20 heavy (non-hydrogen) atoms. The molecule has 0 amide bonds. The minimum absolute atomic E-state index is 0. The van der Waals surface area contributed by atoms with Crippen LogP contribution in [0.4, 0.5) is 0 Å². The first-order chi connectivity index (χ1) is 8.89. The average molecular weight is 410 g/mol. The Bertz CT molecular complexity index is 429. The molecule has 0 unspecified atom stereocenters. The predicted octanol–water partition coefficient (Wildman–Crippen LogP) is 2.79. The average Bonchev–Trinajstić information content (AvgIpc) is 2.76. The van der Waals surface area contributed by atoms with E-state index in [-0.39, 0.29) is 28.7 Å². The van der Waals surface area contributed by atoms with Crippen LogP contribution in [0.5, 0.6) is 0 Å². The summed E-state index contributed by atoms with van der Waals surface area (Å²) < 4.78 is 2.34. The second-order valence-corrected chi connectivity index (χ2v) is 6.84. The van der Waals surface area contributed by atoms with Crippen LogP contribution in [-0.4, -0.2) is 47.1 Å². The second-order valence-electron chi connectivity index (χ2n) is 5.33. The zero-order valence-corrected chi connectivity index (χ0v) is 16.5. The van der Waals surface area contributed by atoms with E-state index in [1.807, 2.05) is 18.8 Å². The maximum atomic E-state index is 4.35. The molecule has 0 atom stereocenters. The van der Waals surface area contributed by atoms with Gasteiger partial charge in [0.2, 0.25) is 0 Å². The number of nitrogens with zero attached hydrogens (tertiary/aromatic N) is 3. The van der Waals surface area contributed by atoms with Gasteiger partial charge in [0.05, 0.1) is 6.54 Å². The molecule has 0 radical (unpaired) electrons. The van der Waals surface area contributed by atoms with Gasteiger partial charge in [-0.3, -0.25) is 4.99 Å². The molecule has 0 saturated heterocycles. The summed E-state index contributed by atoms with van der Waals surface area (Å²) in [5.74, 6) is 0.934. The minimum Gasteiger partial charge on any atom is -0.355 e. The van der Waals surface area contributed by atoms with Crippen molar-refractivity contribution in [2.24, 2.45) is 12.0 Å². The smallest absolute Gasteiger partial charge is 0.193 e. The topological polar surface area (TPSA) is 32.6 Å². The number of thioether (sulfide) groups is 1. The van der Waals surface area contributed by atoms with Gasteiger partial charge in [0.15, 0.2) is 5.96 Å². The Kier molecular flexibility index (Phi) is 8.65. The summed E-state index contributed by atoms with van der Waals surface area (Å²) >= 11 is 1.86. The molecule has 1 aromatic heterocycles. The van der Waals surface area contributed by atoms with Gasteiger partial charge in [0.25, 0.3) is 0 Å². The van der Waals surface area contributed by atoms with E-state index in [1.165, 1.54) is 5.69 Å². The van der Waals surface area contributed by atoms with Gasteiger partial charge in [-0.2, -0.15) is 11.8 Å². The van der Waals surface area contributed by atoms with Gasteiger partial charge < -0.3 is 14.8 Å². The highest BCUT2D eigenvalue weighted by Gasteiger charge is 2.17. The first-order valence-electron chi connectivity index (χ1n) is 6.47. The van der Waals surface area contributed by atoms with Crippen molar-refractivity contribution in [2.75, 3.05) is 26.9 Å². The third-order valence-electron chi connectivity index (χ3n) is 3.25. The Morgan fingerprint density at radius 3 is 2.60 bits per heavy atom. The molecule has 0 bridgehead atoms. The summed E-state index contributed by atoms with van der Waals surface area (Å²) in [5, 5.41) is 3.44. The Labute approximate surface area is 144 Å². The molecule has 0 aliphatic heterocycles. The number of aromatic nitrogens is 1. The summed E-state index contributed by atoms with van der Waals surface area (Å²) in [7, 11) is 5.96. The van der Waals surface area contributed by atoms with Crippen LogP contribution < -0.4 is 5.32 Å². The van der Waals surface area contributed by atoms with Crippen molar-refractivity contribution in [2.45, 2.75) is 25.1 Å². The van der Waals surface area contributed by atoms with Gasteiger partial charge in [-0.25, -0.2) is 0 Å². The van der Waals surface area contributed by atoms with Gasteiger partial charge in [-0.15, -0.1) is 24.0 Å². The number of halogens is 1. The zero-order chi connectivity index (χ0) is 14.5. The SMILES string of the molecule is CN=C(NCC(C)(C)SC)N(C)Cc1cccn1C.I. The number of guanidine groups is 1. The third kappa shape index (κ3) is 5.95. The fraction of sp³-hybridized carbons (Fsp3) is 0.643. The second kappa shape index (κ2) is 8.81. The molecular weight excluding hydrogens is 383 g/mol. The predicted molar refractivity (Wildman–Crippen MR) is 101 cm³/mol. The van der Waals surface area contributed by atoms with Crippen molar-refractivity contribution >= 4 is 41.7 Å². The van der Waals surface area contributed by atoms with E-state index < -0.39 is 0 Å². The summed E-state index contributed by atoms with van der Waals surface area (Å²) in [4.78, 5) is 6.49. The maximum Gasteiger partial charge on any atom is 0.193 e. The monoisotopic (exact) mass is 410 g/mol. The third-order valence-corrected chi connectivity index (χ3v) is 4.50. The largest absolute Gasteiger partial charge is 0.355 e. The molecule has 0 aliphatic rings.